The van der Waals surface area contributed by atoms with Gasteiger partial charge in [-0.3, -0.25) is 4.90 Å². The fraction of sp³-hybridized carbons (Fsp3) is 0.625. The average Bonchev–Trinajstić information content (AvgIpc) is 2.83. The molecule has 0 saturated carbocycles. The monoisotopic (exact) mass is 262 g/mol. The smallest absolute Gasteiger partial charge is 0.0572 e. The minimum Gasteiger partial charge on any atom is -0.305 e. The lowest BCUT2D eigenvalue weighted by Gasteiger charge is -2.25. The van der Waals surface area contributed by atoms with Gasteiger partial charge in [-0.05, 0) is 24.3 Å². The number of nitrogens with one attached hydrogen (secondary N) is 1. The Morgan fingerprint density at radius 2 is 1.84 bits per heavy atom. The molecule has 3 nitrogen and oxygen atoms in total. The Balaban J connectivity index is 2.06. The second-order valence-electron chi connectivity index (χ2n) is 5.88. The van der Waals surface area contributed by atoms with Crippen LogP contribution >= 0.6 is 0 Å². The normalized spacial score (nSPS) is 25.9. The molecule has 0 bridgehead atoms. The van der Waals surface area contributed by atoms with Gasteiger partial charge in [-0.1, -0.05) is 44.2 Å². The highest BCUT2D eigenvalue weighted by Gasteiger charge is 2.36. The van der Waals surface area contributed by atoms with Crippen molar-refractivity contribution < 1.29 is 4.84 Å². The lowest BCUT2D eigenvalue weighted by Crippen LogP contribution is -2.37. The van der Waals surface area contributed by atoms with E-state index in [4.69, 9.17) is 4.84 Å². The summed E-state index contributed by atoms with van der Waals surface area (Å²) in [7, 11) is 1.71. The van der Waals surface area contributed by atoms with Crippen LogP contribution in [0, 0.1) is 11.8 Å². The summed E-state index contributed by atoms with van der Waals surface area (Å²) in [6.07, 6.45) is 0. The molecular weight excluding hydrogens is 236 g/mol. The molecule has 3 unspecified atom stereocenters. The molecule has 1 heterocycles. The average molecular weight is 262 g/mol. The molecule has 1 saturated heterocycles. The molecular formula is C16H26N2O. The van der Waals surface area contributed by atoms with Crippen molar-refractivity contribution >= 4 is 0 Å². The highest BCUT2D eigenvalue weighted by Crippen LogP contribution is 2.31. The summed E-state index contributed by atoms with van der Waals surface area (Å²) in [5, 5.41) is 0. The number of hydrogen-bond donors (Lipinski definition) is 1. The summed E-state index contributed by atoms with van der Waals surface area (Å²) in [6.45, 7) is 9.07. The number of likely N-dealkylation sites (tertiary alicyclic amines) is 1. The lowest BCUT2D eigenvalue weighted by atomic mass is 9.92. The van der Waals surface area contributed by atoms with Gasteiger partial charge in [-0.2, -0.15) is 5.48 Å². The van der Waals surface area contributed by atoms with E-state index >= 15 is 0 Å². The predicted octanol–water partition coefficient (Wildman–Crippen LogP) is 2.86. The van der Waals surface area contributed by atoms with Gasteiger partial charge >= 0.3 is 0 Å². The molecule has 0 aromatic heterocycles. The molecule has 0 spiro atoms. The van der Waals surface area contributed by atoms with Crippen LogP contribution in [0.1, 0.15) is 32.4 Å². The van der Waals surface area contributed by atoms with Gasteiger partial charge in [0.2, 0.25) is 0 Å². The van der Waals surface area contributed by atoms with Crippen molar-refractivity contribution in [1.29, 1.82) is 0 Å². The van der Waals surface area contributed by atoms with E-state index in [0.29, 0.717) is 23.9 Å². The minimum atomic E-state index is 0.427. The first-order valence-electron chi connectivity index (χ1n) is 7.21. The van der Waals surface area contributed by atoms with Crippen molar-refractivity contribution in [2.24, 2.45) is 11.8 Å². The summed E-state index contributed by atoms with van der Waals surface area (Å²) in [6, 6.07) is 11.6. The first-order chi connectivity index (χ1) is 9.13. The van der Waals surface area contributed by atoms with Gasteiger partial charge in [0.15, 0.2) is 0 Å². The maximum absolute atomic E-state index is 5.16. The van der Waals surface area contributed by atoms with Gasteiger partial charge in [0.1, 0.15) is 0 Å². The molecule has 19 heavy (non-hydrogen) atoms. The quantitative estimate of drug-likeness (QED) is 0.826. The number of benzene rings is 1. The van der Waals surface area contributed by atoms with Gasteiger partial charge in [-0.15, -0.1) is 0 Å². The largest absolute Gasteiger partial charge is 0.305 e. The first kappa shape index (κ1) is 14.5. The Labute approximate surface area is 116 Å². The van der Waals surface area contributed by atoms with E-state index in [0.717, 1.165) is 13.1 Å². The Hall–Kier alpha value is -0.900. The van der Waals surface area contributed by atoms with Crippen molar-refractivity contribution in [1.82, 2.24) is 10.4 Å². The molecule has 2 rings (SSSR count). The molecule has 1 aromatic carbocycles. The van der Waals surface area contributed by atoms with E-state index in [1.807, 2.05) is 0 Å². The van der Waals surface area contributed by atoms with Crippen LogP contribution in [0.5, 0.6) is 0 Å². The summed E-state index contributed by atoms with van der Waals surface area (Å²) in [5.74, 6) is 1.31. The number of rotatable bonds is 5. The van der Waals surface area contributed by atoms with Gasteiger partial charge in [0.05, 0.1) is 7.11 Å². The standard InChI is InChI=1S/C16H26N2O/c1-12(2)15-10-18(11-16(15)17-19-4)13(3)14-8-6-5-7-9-14/h5-9,12-13,15-17H,10-11H2,1-4H3. The summed E-state index contributed by atoms with van der Waals surface area (Å²) >= 11 is 0. The zero-order valence-electron chi connectivity index (χ0n) is 12.5. The minimum absolute atomic E-state index is 0.427. The maximum Gasteiger partial charge on any atom is 0.0572 e. The van der Waals surface area contributed by atoms with E-state index in [2.05, 4.69) is 61.5 Å². The highest BCUT2D eigenvalue weighted by atomic mass is 16.6. The molecule has 0 amide bonds. The third kappa shape index (κ3) is 3.35. The topological polar surface area (TPSA) is 24.5 Å². The lowest BCUT2D eigenvalue weighted by molar-refractivity contribution is 0.0455. The second-order valence-corrected chi connectivity index (χ2v) is 5.88. The van der Waals surface area contributed by atoms with Crippen LogP contribution < -0.4 is 5.48 Å². The van der Waals surface area contributed by atoms with Gasteiger partial charge in [-0.25, -0.2) is 0 Å². The van der Waals surface area contributed by atoms with Crippen LogP contribution in [0.3, 0.4) is 0 Å². The van der Waals surface area contributed by atoms with Crippen molar-refractivity contribution in [2.75, 3.05) is 20.2 Å². The molecule has 1 fully saturated rings. The van der Waals surface area contributed by atoms with Crippen molar-refractivity contribution in [2.45, 2.75) is 32.9 Å². The molecule has 3 heteroatoms. The Kier molecular flexibility index (Phi) is 4.97. The van der Waals surface area contributed by atoms with E-state index in [-0.39, 0.29) is 0 Å². The first-order valence-corrected chi connectivity index (χ1v) is 7.21. The molecule has 106 valence electrons. The third-order valence-electron chi connectivity index (χ3n) is 4.35. The third-order valence-corrected chi connectivity index (χ3v) is 4.35. The molecule has 0 aliphatic carbocycles. The summed E-state index contributed by atoms with van der Waals surface area (Å²) in [4.78, 5) is 7.72. The summed E-state index contributed by atoms with van der Waals surface area (Å²) in [5.41, 5.74) is 4.56. The highest BCUT2D eigenvalue weighted by molar-refractivity contribution is 5.18. The van der Waals surface area contributed by atoms with Crippen molar-refractivity contribution in [3.05, 3.63) is 35.9 Å². The van der Waals surface area contributed by atoms with E-state index in [9.17, 15) is 0 Å². The SMILES string of the molecule is CONC1CN(C(C)c2ccccc2)CC1C(C)C. The van der Waals surface area contributed by atoms with E-state index < -0.39 is 0 Å². The number of hydroxylamine groups is 1. The van der Waals surface area contributed by atoms with Gasteiger partial charge in [0.25, 0.3) is 0 Å². The van der Waals surface area contributed by atoms with Crippen molar-refractivity contribution in [3.8, 4) is 0 Å². The fourth-order valence-corrected chi connectivity index (χ4v) is 3.07. The van der Waals surface area contributed by atoms with Crippen LogP contribution in [-0.4, -0.2) is 31.1 Å². The van der Waals surface area contributed by atoms with Gasteiger partial charge in [0, 0.05) is 25.2 Å². The zero-order chi connectivity index (χ0) is 13.8. The van der Waals surface area contributed by atoms with Crippen LogP contribution in [-0.2, 0) is 4.84 Å². The Morgan fingerprint density at radius 1 is 1.16 bits per heavy atom. The molecule has 1 N–H and O–H groups in total. The molecule has 0 radical (unpaired) electrons. The van der Waals surface area contributed by atoms with Crippen LogP contribution in [0.4, 0.5) is 0 Å². The van der Waals surface area contributed by atoms with Gasteiger partial charge < -0.3 is 4.84 Å². The van der Waals surface area contributed by atoms with E-state index in [1.54, 1.807) is 7.11 Å². The molecule has 3 atom stereocenters. The predicted molar refractivity (Wildman–Crippen MR) is 78.7 cm³/mol. The van der Waals surface area contributed by atoms with E-state index in [1.165, 1.54) is 5.56 Å². The van der Waals surface area contributed by atoms with Crippen LogP contribution in [0.25, 0.3) is 0 Å². The number of hydrogen-bond acceptors (Lipinski definition) is 3. The fourth-order valence-electron chi connectivity index (χ4n) is 3.07. The molecule has 1 aliphatic heterocycles. The van der Waals surface area contributed by atoms with Crippen LogP contribution in [0.15, 0.2) is 30.3 Å². The molecule has 1 aliphatic rings. The Morgan fingerprint density at radius 3 is 2.42 bits per heavy atom. The molecule has 1 aromatic rings. The Bertz CT molecular complexity index is 380. The van der Waals surface area contributed by atoms with Crippen molar-refractivity contribution in [3.63, 3.8) is 0 Å². The second kappa shape index (κ2) is 6.51. The summed E-state index contributed by atoms with van der Waals surface area (Å²) < 4.78 is 0. The zero-order valence-corrected chi connectivity index (χ0v) is 12.5. The maximum atomic E-state index is 5.16. The number of nitrogens with zero attached hydrogens (tertiary/aromatic N) is 1. The van der Waals surface area contributed by atoms with Crippen LogP contribution in [0.2, 0.25) is 0 Å².